The van der Waals surface area contributed by atoms with Gasteiger partial charge in [-0.25, -0.2) is 0 Å². The maximum atomic E-state index is 5.36. The SMILES string of the molecule is CN=C(NCCc1ncccc1C)NC(N)=S. The third-order valence-electron chi connectivity index (χ3n) is 2.24. The van der Waals surface area contributed by atoms with Gasteiger partial charge in [-0.1, -0.05) is 6.07 Å². The number of hydrogen-bond acceptors (Lipinski definition) is 3. The summed E-state index contributed by atoms with van der Waals surface area (Å²) in [6, 6.07) is 3.98. The highest BCUT2D eigenvalue weighted by atomic mass is 32.1. The van der Waals surface area contributed by atoms with Gasteiger partial charge in [0.15, 0.2) is 11.1 Å². The van der Waals surface area contributed by atoms with Crippen molar-refractivity contribution in [1.82, 2.24) is 15.6 Å². The van der Waals surface area contributed by atoms with Gasteiger partial charge in [0.25, 0.3) is 0 Å². The van der Waals surface area contributed by atoms with Crippen LogP contribution in [0.2, 0.25) is 0 Å². The molecule has 0 saturated heterocycles. The van der Waals surface area contributed by atoms with Gasteiger partial charge in [-0.3, -0.25) is 9.98 Å². The Labute approximate surface area is 107 Å². The first-order valence-corrected chi connectivity index (χ1v) is 5.72. The highest BCUT2D eigenvalue weighted by Gasteiger charge is 2.01. The lowest BCUT2D eigenvalue weighted by Crippen LogP contribution is -2.44. The van der Waals surface area contributed by atoms with Gasteiger partial charge in [0.2, 0.25) is 0 Å². The number of rotatable bonds is 3. The maximum absolute atomic E-state index is 5.36. The molecule has 0 aliphatic heterocycles. The Morgan fingerprint density at radius 1 is 1.59 bits per heavy atom. The summed E-state index contributed by atoms with van der Waals surface area (Å²) in [6.45, 7) is 2.77. The molecule has 0 fully saturated rings. The van der Waals surface area contributed by atoms with Crippen molar-refractivity contribution in [3.05, 3.63) is 29.6 Å². The zero-order chi connectivity index (χ0) is 12.7. The zero-order valence-electron chi connectivity index (χ0n) is 10.0. The number of nitrogens with zero attached hydrogens (tertiary/aromatic N) is 2. The van der Waals surface area contributed by atoms with Crippen molar-refractivity contribution in [3.8, 4) is 0 Å². The molecule has 1 aromatic rings. The molecule has 0 bridgehead atoms. The molecule has 92 valence electrons. The Bertz CT molecular complexity index is 416. The third kappa shape index (κ3) is 4.78. The second-order valence-electron chi connectivity index (χ2n) is 3.51. The normalized spacial score (nSPS) is 11.1. The van der Waals surface area contributed by atoms with Crippen molar-refractivity contribution in [2.24, 2.45) is 10.7 Å². The molecule has 0 unspecified atom stereocenters. The van der Waals surface area contributed by atoms with Crippen molar-refractivity contribution in [2.45, 2.75) is 13.3 Å². The molecule has 0 aliphatic rings. The summed E-state index contributed by atoms with van der Waals surface area (Å²) in [7, 11) is 1.67. The topological polar surface area (TPSA) is 75.3 Å². The lowest BCUT2D eigenvalue weighted by atomic mass is 10.2. The quantitative estimate of drug-likeness (QED) is 0.410. The molecule has 0 spiro atoms. The fraction of sp³-hybridized carbons (Fsp3) is 0.364. The van der Waals surface area contributed by atoms with E-state index in [1.807, 2.05) is 19.1 Å². The van der Waals surface area contributed by atoms with Crippen LogP contribution in [0.15, 0.2) is 23.3 Å². The Hall–Kier alpha value is -1.69. The highest BCUT2D eigenvalue weighted by Crippen LogP contribution is 2.02. The molecular weight excluding hydrogens is 234 g/mol. The summed E-state index contributed by atoms with van der Waals surface area (Å²) >= 11 is 4.74. The van der Waals surface area contributed by atoms with Crippen LogP contribution in [0, 0.1) is 6.92 Å². The summed E-state index contributed by atoms with van der Waals surface area (Å²) in [6.07, 6.45) is 2.62. The summed E-state index contributed by atoms with van der Waals surface area (Å²) in [5, 5.41) is 6.07. The molecule has 0 radical (unpaired) electrons. The number of thiocarbonyl (C=S) groups is 1. The van der Waals surface area contributed by atoms with E-state index >= 15 is 0 Å². The Kier molecular flexibility index (Phi) is 5.35. The first-order valence-electron chi connectivity index (χ1n) is 5.31. The molecule has 0 aromatic carbocycles. The fourth-order valence-corrected chi connectivity index (χ4v) is 1.47. The molecular formula is C11H17N5S. The van der Waals surface area contributed by atoms with Crippen molar-refractivity contribution < 1.29 is 0 Å². The monoisotopic (exact) mass is 251 g/mol. The van der Waals surface area contributed by atoms with E-state index in [9.17, 15) is 0 Å². The first kappa shape index (κ1) is 13.4. The summed E-state index contributed by atoms with van der Waals surface area (Å²) in [5.41, 5.74) is 7.62. The van der Waals surface area contributed by atoms with E-state index in [-0.39, 0.29) is 5.11 Å². The molecule has 0 amide bonds. The minimum absolute atomic E-state index is 0.201. The minimum atomic E-state index is 0.201. The van der Waals surface area contributed by atoms with Crippen molar-refractivity contribution in [1.29, 1.82) is 0 Å². The molecule has 0 aliphatic carbocycles. The number of nitrogens with two attached hydrogens (primary N) is 1. The number of aromatic nitrogens is 1. The van der Waals surface area contributed by atoms with Crippen molar-refractivity contribution >= 4 is 23.3 Å². The Morgan fingerprint density at radius 3 is 2.94 bits per heavy atom. The van der Waals surface area contributed by atoms with Crippen LogP contribution in [0.4, 0.5) is 0 Å². The van der Waals surface area contributed by atoms with E-state index < -0.39 is 0 Å². The van der Waals surface area contributed by atoms with Crippen molar-refractivity contribution in [2.75, 3.05) is 13.6 Å². The third-order valence-corrected chi connectivity index (χ3v) is 2.34. The molecule has 1 rings (SSSR count). The predicted molar refractivity (Wildman–Crippen MR) is 74.0 cm³/mol. The Balaban J connectivity index is 2.42. The lowest BCUT2D eigenvalue weighted by molar-refractivity contribution is 0.819. The number of guanidine groups is 1. The second kappa shape index (κ2) is 6.80. The molecule has 17 heavy (non-hydrogen) atoms. The van der Waals surface area contributed by atoms with Crippen LogP contribution >= 0.6 is 12.2 Å². The molecule has 0 saturated carbocycles. The number of aliphatic imine (C=N–C) groups is 1. The standard InChI is InChI=1S/C11H17N5S/c1-8-4-3-6-14-9(8)5-7-15-11(13-2)16-10(12)17/h3-4,6H,5,7H2,1-2H3,(H4,12,13,15,16,17). The lowest BCUT2D eigenvalue weighted by Gasteiger charge is -2.10. The number of pyridine rings is 1. The van der Waals surface area contributed by atoms with E-state index in [4.69, 9.17) is 18.0 Å². The molecule has 0 atom stereocenters. The summed E-state index contributed by atoms with van der Waals surface area (Å²) < 4.78 is 0. The van der Waals surface area contributed by atoms with Gasteiger partial charge in [0.05, 0.1) is 0 Å². The van der Waals surface area contributed by atoms with Gasteiger partial charge in [0, 0.05) is 31.9 Å². The van der Waals surface area contributed by atoms with Gasteiger partial charge in [0.1, 0.15) is 0 Å². The molecule has 5 nitrogen and oxygen atoms in total. The van der Waals surface area contributed by atoms with Crippen LogP contribution in [0.1, 0.15) is 11.3 Å². The minimum Gasteiger partial charge on any atom is -0.376 e. The second-order valence-corrected chi connectivity index (χ2v) is 3.95. The van der Waals surface area contributed by atoms with Gasteiger partial charge in [-0.05, 0) is 30.8 Å². The highest BCUT2D eigenvalue weighted by molar-refractivity contribution is 7.80. The van der Waals surface area contributed by atoms with Crippen LogP contribution in [0.25, 0.3) is 0 Å². The fourth-order valence-electron chi connectivity index (χ4n) is 1.38. The molecule has 4 N–H and O–H groups in total. The number of aryl methyl sites for hydroxylation is 1. The van der Waals surface area contributed by atoms with Crippen LogP contribution in [-0.4, -0.2) is 29.6 Å². The van der Waals surface area contributed by atoms with Gasteiger partial charge < -0.3 is 16.4 Å². The largest absolute Gasteiger partial charge is 0.376 e. The van der Waals surface area contributed by atoms with Crippen LogP contribution in [0.3, 0.4) is 0 Å². The molecule has 1 heterocycles. The number of nitrogens with one attached hydrogen (secondary N) is 2. The van der Waals surface area contributed by atoms with E-state index in [1.165, 1.54) is 5.56 Å². The van der Waals surface area contributed by atoms with E-state index in [0.29, 0.717) is 5.96 Å². The van der Waals surface area contributed by atoms with Crippen LogP contribution in [-0.2, 0) is 6.42 Å². The number of hydrogen-bond donors (Lipinski definition) is 3. The average molecular weight is 251 g/mol. The smallest absolute Gasteiger partial charge is 0.197 e. The maximum Gasteiger partial charge on any atom is 0.197 e. The predicted octanol–water partition coefficient (Wildman–Crippen LogP) is 0.341. The summed E-state index contributed by atoms with van der Waals surface area (Å²) in [5.74, 6) is 0.575. The van der Waals surface area contributed by atoms with Crippen molar-refractivity contribution in [3.63, 3.8) is 0 Å². The van der Waals surface area contributed by atoms with Gasteiger partial charge in [-0.2, -0.15) is 0 Å². The van der Waals surface area contributed by atoms with E-state index in [0.717, 1.165) is 18.7 Å². The van der Waals surface area contributed by atoms with Gasteiger partial charge in [-0.15, -0.1) is 0 Å². The van der Waals surface area contributed by atoms with Gasteiger partial charge >= 0.3 is 0 Å². The average Bonchev–Trinajstić information content (AvgIpc) is 2.29. The van der Waals surface area contributed by atoms with Crippen LogP contribution < -0.4 is 16.4 Å². The van der Waals surface area contributed by atoms with E-state index in [2.05, 4.69) is 20.6 Å². The molecule has 1 aromatic heterocycles. The first-order chi connectivity index (χ1) is 8.13. The van der Waals surface area contributed by atoms with E-state index in [1.54, 1.807) is 13.2 Å². The zero-order valence-corrected chi connectivity index (χ0v) is 10.8. The molecule has 6 heteroatoms. The Morgan fingerprint density at radius 2 is 2.35 bits per heavy atom. The summed E-state index contributed by atoms with van der Waals surface area (Å²) in [4.78, 5) is 8.30. The van der Waals surface area contributed by atoms with Crippen LogP contribution in [0.5, 0.6) is 0 Å².